The number of anilines is 1. The van der Waals surface area contributed by atoms with Gasteiger partial charge in [0.2, 0.25) is 0 Å². The van der Waals surface area contributed by atoms with E-state index in [4.69, 9.17) is 22.4 Å². The van der Waals surface area contributed by atoms with E-state index >= 15 is 0 Å². The molecule has 2 rings (SSSR count). The molecule has 0 amide bonds. The molecule has 1 heterocycles. The van der Waals surface area contributed by atoms with E-state index in [1.807, 2.05) is 25.1 Å². The Hall–Kier alpha value is -2.67. The van der Waals surface area contributed by atoms with Crippen LogP contribution in [0, 0.1) is 16.9 Å². The predicted octanol–water partition coefficient (Wildman–Crippen LogP) is 3.07. The highest BCUT2D eigenvalue weighted by Crippen LogP contribution is 2.26. The van der Waals surface area contributed by atoms with Crippen molar-refractivity contribution in [2.75, 3.05) is 37.6 Å². The fourth-order valence-electron chi connectivity index (χ4n) is 3.49. The Morgan fingerprint density at radius 1 is 1.25 bits per heavy atom. The van der Waals surface area contributed by atoms with E-state index in [0.717, 1.165) is 61.7 Å². The van der Waals surface area contributed by atoms with E-state index in [-0.39, 0.29) is 5.84 Å². The molecule has 0 unspecified atom stereocenters. The lowest BCUT2D eigenvalue weighted by atomic mass is 9.99. The van der Waals surface area contributed by atoms with Crippen molar-refractivity contribution in [1.82, 2.24) is 4.90 Å². The first-order valence-corrected chi connectivity index (χ1v) is 9.75. The van der Waals surface area contributed by atoms with Crippen molar-refractivity contribution < 1.29 is 0 Å². The lowest BCUT2D eigenvalue weighted by Crippen LogP contribution is -2.47. The van der Waals surface area contributed by atoms with Crippen molar-refractivity contribution >= 4 is 11.5 Å². The number of allylic oxidation sites excluding steroid dienone is 2. The van der Waals surface area contributed by atoms with Gasteiger partial charge in [0.25, 0.3) is 0 Å². The van der Waals surface area contributed by atoms with Crippen LogP contribution in [-0.2, 0) is 6.42 Å². The maximum absolute atomic E-state index is 8.03. The lowest BCUT2D eigenvalue weighted by Gasteiger charge is -2.37. The van der Waals surface area contributed by atoms with Crippen LogP contribution in [0.5, 0.6) is 0 Å². The summed E-state index contributed by atoms with van der Waals surface area (Å²) in [6, 6.07) is 6.14. The summed E-state index contributed by atoms with van der Waals surface area (Å²) in [5.41, 5.74) is 23.6. The van der Waals surface area contributed by atoms with Crippen LogP contribution in [0.3, 0.4) is 0 Å². The topological polar surface area (TPSA) is 119 Å². The number of rotatable bonds is 7. The van der Waals surface area contributed by atoms with Crippen LogP contribution < -0.4 is 16.4 Å². The van der Waals surface area contributed by atoms with E-state index in [1.165, 1.54) is 5.56 Å². The normalized spacial score (nSPS) is 16.5. The van der Waals surface area contributed by atoms with Crippen molar-refractivity contribution in [3.8, 4) is 0 Å². The van der Waals surface area contributed by atoms with Crippen molar-refractivity contribution in [2.24, 2.45) is 22.5 Å². The van der Waals surface area contributed by atoms with Crippen LogP contribution in [0.15, 0.2) is 46.9 Å². The zero-order valence-corrected chi connectivity index (χ0v) is 17.2. The largest absolute Gasteiger partial charge is 0.404 e. The van der Waals surface area contributed by atoms with Gasteiger partial charge in [0.15, 0.2) is 5.84 Å². The minimum Gasteiger partial charge on any atom is -0.404 e. The number of benzene rings is 1. The van der Waals surface area contributed by atoms with Crippen LogP contribution in [0.1, 0.15) is 31.9 Å². The average molecular weight is 384 g/mol. The molecule has 1 fully saturated rings. The van der Waals surface area contributed by atoms with Crippen molar-refractivity contribution in [3.63, 3.8) is 0 Å². The van der Waals surface area contributed by atoms with Crippen LogP contribution in [0.4, 0.5) is 5.69 Å². The molecule has 0 aliphatic carbocycles. The molecule has 0 aromatic heterocycles. The quantitative estimate of drug-likeness (QED) is 0.250. The molecule has 1 aliphatic heterocycles. The second kappa shape index (κ2) is 10.0. The standard InChI is InChI=1S/C21H33N7/c1-15(2)10-17-4-5-19(21(24)26-25)20(12-17)28-8-6-27(7-9-28)14-18(23)11-16(3)13-22/h4-5,11-13,15,24-25H,6-10,14,22-23H2,1-3H3/b16-13-,18-11-,24-21?,26-25?. The van der Waals surface area contributed by atoms with Gasteiger partial charge in [0.05, 0.1) is 0 Å². The van der Waals surface area contributed by atoms with Gasteiger partial charge < -0.3 is 16.4 Å². The first-order chi connectivity index (χ1) is 13.3. The fourth-order valence-corrected chi connectivity index (χ4v) is 3.49. The maximum atomic E-state index is 8.03. The third-order valence-electron chi connectivity index (χ3n) is 4.87. The van der Waals surface area contributed by atoms with Crippen LogP contribution >= 0.6 is 0 Å². The SMILES string of the molecule is CC(=C/N)/C=C(\N)CN1CCN(c2cc(CC(C)C)ccc2C(=N)N=N)CC1. The molecule has 6 N–H and O–H groups in total. The molecule has 7 heteroatoms. The first kappa shape index (κ1) is 21.6. The van der Waals surface area contributed by atoms with E-state index in [2.05, 4.69) is 34.8 Å². The van der Waals surface area contributed by atoms with Gasteiger partial charge >= 0.3 is 0 Å². The number of amidine groups is 1. The first-order valence-electron chi connectivity index (χ1n) is 9.75. The zero-order chi connectivity index (χ0) is 20.7. The summed E-state index contributed by atoms with van der Waals surface area (Å²) in [7, 11) is 0. The molecule has 152 valence electrons. The summed E-state index contributed by atoms with van der Waals surface area (Å²) < 4.78 is 0. The van der Waals surface area contributed by atoms with Crippen LogP contribution in [0.25, 0.3) is 0 Å². The second-order valence-corrected chi connectivity index (χ2v) is 7.80. The highest BCUT2D eigenvalue weighted by atomic mass is 15.3. The summed E-state index contributed by atoms with van der Waals surface area (Å²) in [4.78, 5) is 4.62. The molecule has 1 aromatic rings. The Balaban J connectivity index is 2.12. The van der Waals surface area contributed by atoms with Gasteiger partial charge in [-0.1, -0.05) is 19.9 Å². The molecule has 0 spiro atoms. The molecule has 7 nitrogen and oxygen atoms in total. The minimum absolute atomic E-state index is 0.00440. The average Bonchev–Trinajstić information content (AvgIpc) is 2.67. The third-order valence-corrected chi connectivity index (χ3v) is 4.87. The van der Waals surface area contributed by atoms with Gasteiger partial charge in [0.1, 0.15) is 0 Å². The molecular formula is C21H33N7. The van der Waals surface area contributed by atoms with Crippen LogP contribution in [-0.4, -0.2) is 43.5 Å². The number of nitrogens with zero attached hydrogens (tertiary/aromatic N) is 3. The van der Waals surface area contributed by atoms with E-state index in [9.17, 15) is 0 Å². The molecule has 0 radical (unpaired) electrons. The number of hydrogen-bond acceptors (Lipinski definition) is 6. The molecular weight excluding hydrogens is 350 g/mol. The van der Waals surface area contributed by atoms with E-state index < -0.39 is 0 Å². The predicted molar refractivity (Wildman–Crippen MR) is 116 cm³/mol. The van der Waals surface area contributed by atoms with Crippen molar-refractivity contribution in [3.05, 3.63) is 52.9 Å². The number of nitrogens with one attached hydrogen (secondary N) is 2. The molecule has 0 atom stereocenters. The molecule has 0 saturated carbocycles. The highest BCUT2D eigenvalue weighted by molar-refractivity contribution is 6.01. The van der Waals surface area contributed by atoms with Gasteiger partial charge in [0, 0.05) is 49.7 Å². The maximum Gasteiger partial charge on any atom is 0.175 e. The van der Waals surface area contributed by atoms with Crippen LogP contribution in [0.2, 0.25) is 0 Å². The molecule has 1 saturated heterocycles. The summed E-state index contributed by atoms with van der Waals surface area (Å²) in [6.07, 6.45) is 4.47. The van der Waals surface area contributed by atoms with Crippen molar-refractivity contribution in [1.29, 1.82) is 10.9 Å². The highest BCUT2D eigenvalue weighted by Gasteiger charge is 2.21. The Kier molecular flexibility index (Phi) is 7.75. The monoisotopic (exact) mass is 383 g/mol. The fraction of sp³-hybridized carbons (Fsp3) is 0.476. The molecule has 1 aliphatic rings. The minimum atomic E-state index is 0.00440. The Labute approximate surface area is 168 Å². The van der Waals surface area contributed by atoms with E-state index in [1.54, 1.807) is 6.20 Å². The summed E-state index contributed by atoms with van der Waals surface area (Å²) in [5, 5.41) is 11.4. The van der Waals surface area contributed by atoms with Crippen molar-refractivity contribution in [2.45, 2.75) is 27.2 Å². The van der Waals surface area contributed by atoms with Gasteiger partial charge in [-0.15, -0.1) is 5.11 Å². The van der Waals surface area contributed by atoms with Gasteiger partial charge in [-0.3, -0.25) is 10.3 Å². The molecule has 0 bridgehead atoms. The van der Waals surface area contributed by atoms with Gasteiger partial charge in [-0.2, -0.15) is 0 Å². The van der Waals surface area contributed by atoms with E-state index in [0.29, 0.717) is 5.92 Å². The number of hydrogen-bond donors (Lipinski definition) is 4. The smallest absolute Gasteiger partial charge is 0.175 e. The lowest BCUT2D eigenvalue weighted by molar-refractivity contribution is 0.277. The summed E-state index contributed by atoms with van der Waals surface area (Å²) in [6.45, 7) is 10.5. The second-order valence-electron chi connectivity index (χ2n) is 7.80. The zero-order valence-electron chi connectivity index (χ0n) is 17.2. The Morgan fingerprint density at radius 2 is 1.93 bits per heavy atom. The Morgan fingerprint density at radius 3 is 2.50 bits per heavy atom. The molecule has 28 heavy (non-hydrogen) atoms. The number of nitrogens with two attached hydrogens (primary N) is 2. The number of piperazine rings is 1. The van der Waals surface area contributed by atoms with Gasteiger partial charge in [-0.25, -0.2) is 5.53 Å². The summed E-state index contributed by atoms with van der Waals surface area (Å²) in [5.74, 6) is 0.571. The third kappa shape index (κ3) is 5.92. The van der Waals surface area contributed by atoms with Gasteiger partial charge in [-0.05, 0) is 54.8 Å². The Bertz CT molecular complexity index is 756. The summed E-state index contributed by atoms with van der Waals surface area (Å²) >= 11 is 0. The molecule has 1 aromatic carbocycles.